The predicted octanol–water partition coefficient (Wildman–Crippen LogP) is 24.8. The topological polar surface area (TPSA) is 37.3 Å². The number of hydrogen-bond acceptors (Lipinski definition) is 1. The third-order valence-corrected chi connectivity index (χ3v) is 15.2. The Morgan fingerprint density at radius 1 is 0.0992 bits per heavy atom. The molecule has 81 heteroatoms. The lowest BCUT2D eigenvalue weighted by atomic mass is 9.80. The quantitative estimate of drug-likeness (QED) is 0.0626. The monoisotopic (exact) mass is 2010 g/mol. The third-order valence-electron chi connectivity index (χ3n) is 15.2. The molecule has 0 aliphatic heterocycles. The second-order valence-electron chi connectivity index (χ2n) is 22.6. The number of aliphatic carboxylic acids is 1. The molecule has 2 nitrogen and oxygen atoms in total. The van der Waals surface area contributed by atoms with E-state index in [0.29, 0.717) is 0 Å². The van der Waals surface area contributed by atoms with E-state index in [9.17, 15) is 352 Å². The minimum absolute atomic E-state index is 5.19. The Morgan fingerprint density at radius 3 is 0.198 bits per heavy atom. The molecule has 726 valence electrons. The maximum atomic E-state index is 14.4. The molecule has 0 atom stereocenters. The minimum Gasteiger partial charge on any atom is -0.477 e. The fourth-order valence-corrected chi connectivity index (χ4v) is 7.41. The minimum atomic E-state index is -11.6. The van der Waals surface area contributed by atoms with Crippen LogP contribution in [0.15, 0.2) is 0 Å². The fourth-order valence-electron chi connectivity index (χ4n) is 7.41. The number of halogens is 79. The molecule has 0 heterocycles. The van der Waals surface area contributed by atoms with E-state index in [-0.39, 0.29) is 0 Å². The van der Waals surface area contributed by atoms with Crippen LogP contribution < -0.4 is 0 Å². The molecule has 0 aromatic rings. The van der Waals surface area contributed by atoms with Crippen molar-refractivity contribution in [3.63, 3.8) is 0 Å². The van der Waals surface area contributed by atoms with E-state index in [4.69, 9.17) is 5.11 Å². The molecule has 121 heavy (non-hydrogen) atoms. The van der Waals surface area contributed by atoms with Crippen molar-refractivity contribution in [2.24, 2.45) is 0 Å². The van der Waals surface area contributed by atoms with Gasteiger partial charge in [-0.25, -0.2) is 4.79 Å². The Bertz CT molecular complexity index is 3640. The molecule has 0 aliphatic carbocycles. The summed E-state index contributed by atoms with van der Waals surface area (Å²) in [5, 5.41) is 7.69. The van der Waals surface area contributed by atoms with Gasteiger partial charge in [0.2, 0.25) is 0 Å². The molecule has 0 spiro atoms. The van der Waals surface area contributed by atoms with Gasteiger partial charge in [-0.1, -0.05) is 0 Å². The van der Waals surface area contributed by atoms with E-state index in [2.05, 4.69) is 0 Å². The Labute approximate surface area is 595 Å². The molecule has 0 bridgehead atoms. The SMILES string of the molecule is O=C(O)C(F)(F)C(F)(F)C(F)(F)C(F)(F)C(F)(F)C(F)(F)C(F)(F)C(F)(F)C(F)(F)C(F)(F)C(F)(F)C(F)(F)C(F)(F)C(F)(F)C(F)(F)C(F)(F)C(F)(F)C(F)(F)C(F)(F)C(F)(F)C(F)(F)C(F)(F)C(F)(F)C(F)(F)C(F)(F)C(F)(F)C(F)(F)C(F)(F)C(F)(F)C(F)(F)C(F)(F)C(F)(F)C(F)(F)C(F)(F)C(F)(F)C(F)(F)C(F)(F)C(F)(F)C(F)(F)F. The number of carboxylic acid groups (broad SMARTS) is 1. The van der Waals surface area contributed by atoms with E-state index in [1.165, 1.54) is 0 Å². The van der Waals surface area contributed by atoms with Gasteiger partial charge in [-0.15, -0.1) is 0 Å². The molecule has 0 aromatic carbocycles. The Kier molecular flexibility index (Phi) is 25.9. The molecular weight excluding hydrogens is 2010 g/mol. The van der Waals surface area contributed by atoms with E-state index in [1.807, 2.05) is 0 Å². The summed E-state index contributed by atoms with van der Waals surface area (Å²) in [6.07, 6.45) is -8.82. The second-order valence-corrected chi connectivity index (χ2v) is 22.6. The first-order valence-corrected chi connectivity index (χ1v) is 25.1. The maximum absolute atomic E-state index is 14.4. The van der Waals surface area contributed by atoms with Crippen LogP contribution in [0.2, 0.25) is 0 Å². The van der Waals surface area contributed by atoms with Crippen LogP contribution >= 0.6 is 0 Å². The van der Waals surface area contributed by atoms with Gasteiger partial charge >= 0.3 is 237 Å². The van der Waals surface area contributed by atoms with Crippen LogP contribution in [-0.4, -0.2) is 242 Å². The highest BCUT2D eigenvalue weighted by atomic mass is 19.5. The van der Waals surface area contributed by atoms with Crippen molar-refractivity contribution in [1.82, 2.24) is 0 Å². The van der Waals surface area contributed by atoms with Crippen molar-refractivity contribution < 1.29 is 357 Å². The molecule has 0 radical (unpaired) electrons. The van der Waals surface area contributed by atoms with Gasteiger partial charge in [0, 0.05) is 0 Å². The summed E-state index contributed by atoms with van der Waals surface area (Å²) in [6.45, 7) is 0. The van der Waals surface area contributed by atoms with Crippen LogP contribution in [-0.2, 0) is 4.79 Å². The standard InChI is InChI=1S/C40HF79O2/c41-2(42,1(120)121)3(43,44)4(45,46)5(47,48)6(49,50)7(51,52)8(53,54)9(55,56)10(57,58)11(59,60)12(61,62)13(63,64)14(65,66)15(67,68)16(69,70)17(71,72)18(73,74)19(75,76)20(77,78)21(79,80)22(81,82)23(83,84)24(85,86)25(87,88)26(89,90)27(91,92)28(93,94)29(95,96)30(97,98)31(99,100)32(101,102)33(103,104)34(105,106)35(107,108)36(109,110)37(111,112)38(113,114)39(115,116)40(117,118)119/h(H,120,121). The molecular formula is C40HF79O2. The molecule has 0 saturated heterocycles. The molecule has 0 aromatic heterocycles. The molecule has 0 saturated carbocycles. The van der Waals surface area contributed by atoms with Crippen LogP contribution in [0.25, 0.3) is 0 Å². The summed E-state index contributed by atoms with van der Waals surface area (Å²) < 4.78 is 1110. The maximum Gasteiger partial charge on any atom is 0.460 e. The summed E-state index contributed by atoms with van der Waals surface area (Å²) in [7, 11) is 0. The van der Waals surface area contributed by atoms with E-state index in [1.54, 1.807) is 0 Å². The van der Waals surface area contributed by atoms with Crippen LogP contribution in [0.4, 0.5) is 347 Å². The molecule has 1 N–H and O–H groups in total. The smallest absolute Gasteiger partial charge is 0.460 e. The van der Waals surface area contributed by atoms with Crippen molar-refractivity contribution >= 4 is 5.97 Å². The Morgan fingerprint density at radius 2 is 0.149 bits per heavy atom. The van der Waals surface area contributed by atoms with Crippen LogP contribution in [0, 0.1) is 0 Å². The fraction of sp³-hybridized carbons (Fsp3) is 0.975. The van der Waals surface area contributed by atoms with Crippen molar-refractivity contribution in [2.45, 2.75) is 231 Å². The summed E-state index contributed by atoms with van der Waals surface area (Å²) in [5.74, 6) is -422. The molecule has 0 amide bonds. The third kappa shape index (κ3) is 12.2. The van der Waals surface area contributed by atoms with E-state index < -0.39 is 237 Å². The van der Waals surface area contributed by atoms with Crippen molar-refractivity contribution in [2.75, 3.05) is 0 Å². The lowest BCUT2D eigenvalue weighted by molar-refractivity contribution is -0.503. The number of hydrogen-bond donors (Lipinski definition) is 1. The molecule has 0 aliphatic rings. The highest BCUT2D eigenvalue weighted by molar-refractivity contribution is 5.77. The van der Waals surface area contributed by atoms with Gasteiger partial charge in [0.25, 0.3) is 0 Å². The normalized spacial score (nSPS) is 17.6. The van der Waals surface area contributed by atoms with Gasteiger partial charge in [0.1, 0.15) is 0 Å². The van der Waals surface area contributed by atoms with Crippen LogP contribution in [0.5, 0.6) is 0 Å². The van der Waals surface area contributed by atoms with Crippen molar-refractivity contribution in [3.8, 4) is 0 Å². The molecule has 0 unspecified atom stereocenters. The second kappa shape index (κ2) is 27.3. The van der Waals surface area contributed by atoms with E-state index in [0.717, 1.165) is 0 Å². The van der Waals surface area contributed by atoms with Crippen molar-refractivity contribution in [1.29, 1.82) is 0 Å². The first kappa shape index (κ1) is 115. The number of rotatable bonds is 38. The zero-order valence-electron chi connectivity index (χ0n) is 50.7. The summed E-state index contributed by atoms with van der Waals surface area (Å²) in [6, 6.07) is 0. The van der Waals surface area contributed by atoms with Gasteiger partial charge in [-0.2, -0.15) is 347 Å². The Hall–Kier alpha value is -6.06. The lowest BCUT2D eigenvalue weighted by Gasteiger charge is -2.48. The Balaban J connectivity index is 8.62. The van der Waals surface area contributed by atoms with Crippen LogP contribution in [0.1, 0.15) is 0 Å². The van der Waals surface area contributed by atoms with Crippen molar-refractivity contribution in [3.05, 3.63) is 0 Å². The number of carbonyl (C=O) groups is 1. The van der Waals surface area contributed by atoms with Gasteiger partial charge in [-0.05, 0) is 0 Å². The van der Waals surface area contributed by atoms with Crippen LogP contribution in [0.3, 0.4) is 0 Å². The average Bonchev–Trinajstić information content (AvgIpc) is 0.675. The average molecular weight is 2010 g/mol. The summed E-state index contributed by atoms with van der Waals surface area (Å²) in [4.78, 5) is 10.1. The number of carboxylic acids is 1. The van der Waals surface area contributed by atoms with Gasteiger partial charge in [0.15, 0.2) is 0 Å². The van der Waals surface area contributed by atoms with Gasteiger partial charge in [-0.3, -0.25) is 0 Å². The lowest BCUT2D eigenvalue weighted by Crippen LogP contribution is -2.82. The van der Waals surface area contributed by atoms with Gasteiger partial charge < -0.3 is 5.11 Å². The predicted molar refractivity (Wildman–Crippen MR) is 202 cm³/mol. The summed E-state index contributed by atoms with van der Waals surface area (Å²) in [5.41, 5.74) is 0. The molecule has 0 rings (SSSR count). The molecule has 0 fully saturated rings. The first-order valence-electron chi connectivity index (χ1n) is 25.1. The zero-order chi connectivity index (χ0) is 101. The zero-order valence-corrected chi connectivity index (χ0v) is 50.7. The summed E-state index contributed by atoms with van der Waals surface area (Å²) >= 11 is 0. The first-order chi connectivity index (χ1) is 50.4. The largest absolute Gasteiger partial charge is 0.477 e. The van der Waals surface area contributed by atoms with E-state index >= 15 is 0 Å². The van der Waals surface area contributed by atoms with Gasteiger partial charge in [0.05, 0.1) is 0 Å². The number of alkyl halides is 79. The highest BCUT2D eigenvalue weighted by Crippen LogP contribution is 2.77. The highest BCUT2D eigenvalue weighted by Gasteiger charge is 3.08.